The Morgan fingerprint density at radius 1 is 1.08 bits per heavy atom. The van der Waals surface area contributed by atoms with Crippen molar-refractivity contribution in [3.63, 3.8) is 0 Å². The Kier molecular flexibility index (Phi) is 7.92. The van der Waals surface area contributed by atoms with E-state index in [0.717, 1.165) is 22.4 Å². The van der Waals surface area contributed by atoms with Crippen LogP contribution >= 0.6 is 45.2 Å². The molecule has 3 aromatic carbocycles. The van der Waals surface area contributed by atoms with Crippen LogP contribution in [0.1, 0.15) is 28.7 Å². The lowest BCUT2D eigenvalue weighted by Crippen LogP contribution is -2.50. The molecule has 7 N–H and O–H groups in total. The van der Waals surface area contributed by atoms with Gasteiger partial charge in [-0.15, -0.1) is 0 Å². The quantitative estimate of drug-likeness (QED) is 0.0718. The van der Waals surface area contributed by atoms with Crippen molar-refractivity contribution in [3.05, 3.63) is 94.8 Å². The topological polar surface area (TPSA) is 143 Å². The number of aliphatic imine (C=N–C) groups is 1. The SMILES string of the molecule is NC(N)=NCc1ccc(NC(I)(c2ccc(CCC(=O)O)cc2)C2(I)C(=O)Nc3cc(F)ccc32)cc1. The third kappa shape index (κ3) is 5.51. The molecule has 2 unspecified atom stereocenters. The highest BCUT2D eigenvalue weighted by molar-refractivity contribution is 14.1. The van der Waals surface area contributed by atoms with Gasteiger partial charge in [0.1, 0.15) is 9.36 Å². The summed E-state index contributed by atoms with van der Waals surface area (Å²) in [5, 5.41) is 15.4. The minimum absolute atomic E-state index is 0.00878. The molecular weight excluding hydrogens is 703 g/mol. The maximum Gasteiger partial charge on any atom is 0.303 e. The molecule has 2 atom stereocenters. The Labute approximate surface area is 240 Å². The molecule has 192 valence electrons. The smallest absolute Gasteiger partial charge is 0.303 e. The summed E-state index contributed by atoms with van der Waals surface area (Å²) in [5.74, 6) is -1.58. The number of hydrogen-bond acceptors (Lipinski definition) is 4. The van der Waals surface area contributed by atoms with Gasteiger partial charge in [0, 0.05) is 23.4 Å². The molecule has 0 saturated carbocycles. The van der Waals surface area contributed by atoms with Gasteiger partial charge in [0.05, 0.1) is 6.54 Å². The number of halogens is 3. The maximum absolute atomic E-state index is 14.0. The third-order valence-corrected chi connectivity index (χ3v) is 10.7. The van der Waals surface area contributed by atoms with Crippen molar-refractivity contribution in [1.29, 1.82) is 0 Å². The fraction of sp³-hybridized carbons (Fsp3) is 0.192. The molecule has 4 rings (SSSR count). The molecular formula is C26H24FI2N5O3. The van der Waals surface area contributed by atoms with Crippen molar-refractivity contribution in [1.82, 2.24) is 0 Å². The zero-order valence-electron chi connectivity index (χ0n) is 19.5. The van der Waals surface area contributed by atoms with Gasteiger partial charge in [0.25, 0.3) is 0 Å². The normalized spacial score (nSPS) is 17.9. The third-order valence-electron chi connectivity index (χ3n) is 6.08. The van der Waals surface area contributed by atoms with Gasteiger partial charge in [-0.05, 0) is 70.0 Å². The number of aliphatic carboxylic acids is 1. The maximum atomic E-state index is 14.0. The molecule has 0 bridgehead atoms. The highest BCUT2D eigenvalue weighted by atomic mass is 127. The first-order valence-electron chi connectivity index (χ1n) is 11.3. The largest absolute Gasteiger partial charge is 0.481 e. The van der Waals surface area contributed by atoms with E-state index in [2.05, 4.69) is 60.8 Å². The second-order valence-electron chi connectivity index (χ2n) is 8.61. The Bertz CT molecular complexity index is 1360. The fourth-order valence-corrected chi connectivity index (χ4v) is 6.44. The molecule has 0 spiro atoms. The number of aryl methyl sites for hydroxylation is 1. The van der Waals surface area contributed by atoms with Crippen molar-refractivity contribution < 1.29 is 19.1 Å². The number of nitrogens with zero attached hydrogens (tertiary/aromatic N) is 1. The molecule has 1 aliphatic heterocycles. The summed E-state index contributed by atoms with van der Waals surface area (Å²) in [6, 6.07) is 19.3. The van der Waals surface area contributed by atoms with E-state index in [4.69, 9.17) is 16.6 Å². The fourth-order valence-electron chi connectivity index (χ4n) is 4.18. The van der Waals surface area contributed by atoms with Crippen LogP contribution in [0.3, 0.4) is 0 Å². The molecule has 0 aromatic heterocycles. The first kappa shape index (κ1) is 27.1. The van der Waals surface area contributed by atoms with Crippen LogP contribution in [-0.4, -0.2) is 22.9 Å². The number of guanidine groups is 1. The first-order chi connectivity index (χ1) is 17.5. The lowest BCUT2D eigenvalue weighted by atomic mass is 9.86. The Morgan fingerprint density at radius 3 is 2.35 bits per heavy atom. The predicted octanol–water partition coefficient (Wildman–Crippen LogP) is 4.60. The van der Waals surface area contributed by atoms with E-state index >= 15 is 0 Å². The van der Waals surface area contributed by atoms with Crippen molar-refractivity contribution in [2.75, 3.05) is 10.6 Å². The second kappa shape index (κ2) is 10.8. The Hall–Kier alpha value is -2.94. The van der Waals surface area contributed by atoms with Crippen molar-refractivity contribution in [2.24, 2.45) is 16.5 Å². The van der Waals surface area contributed by atoms with Gasteiger partial charge in [-0.3, -0.25) is 9.59 Å². The van der Waals surface area contributed by atoms with Crippen molar-refractivity contribution >= 4 is 74.4 Å². The molecule has 0 radical (unpaired) electrons. The van der Waals surface area contributed by atoms with E-state index < -0.39 is 18.8 Å². The number of amides is 1. The number of carbonyl (C=O) groups is 2. The molecule has 8 nitrogen and oxygen atoms in total. The van der Waals surface area contributed by atoms with E-state index in [1.807, 2.05) is 48.5 Å². The lowest BCUT2D eigenvalue weighted by molar-refractivity contribution is -0.137. The number of anilines is 2. The van der Waals surface area contributed by atoms with E-state index in [0.29, 0.717) is 24.2 Å². The number of benzene rings is 3. The Morgan fingerprint density at radius 2 is 1.73 bits per heavy atom. The highest BCUT2D eigenvalue weighted by Gasteiger charge is 2.60. The summed E-state index contributed by atoms with van der Waals surface area (Å²) in [6.45, 7) is 0.341. The summed E-state index contributed by atoms with van der Waals surface area (Å²) in [6.07, 6.45) is 0.420. The van der Waals surface area contributed by atoms with Crippen molar-refractivity contribution in [2.45, 2.75) is 26.4 Å². The minimum Gasteiger partial charge on any atom is -0.481 e. The summed E-state index contributed by atoms with van der Waals surface area (Å²) in [4.78, 5) is 28.5. The van der Waals surface area contributed by atoms with E-state index in [-0.39, 0.29) is 18.3 Å². The zero-order chi connectivity index (χ0) is 26.8. The van der Waals surface area contributed by atoms with Crippen LogP contribution in [0.5, 0.6) is 0 Å². The van der Waals surface area contributed by atoms with Gasteiger partial charge >= 0.3 is 5.97 Å². The molecule has 0 aliphatic carbocycles. The average molecular weight is 727 g/mol. The molecule has 0 saturated heterocycles. The van der Waals surface area contributed by atoms with Crippen LogP contribution in [0.2, 0.25) is 0 Å². The molecule has 11 heteroatoms. The first-order valence-corrected chi connectivity index (χ1v) is 13.4. The van der Waals surface area contributed by atoms with Gasteiger partial charge in [-0.1, -0.05) is 65.1 Å². The predicted molar refractivity (Wildman–Crippen MR) is 158 cm³/mol. The van der Waals surface area contributed by atoms with Crippen LogP contribution in [0.15, 0.2) is 71.7 Å². The summed E-state index contributed by atoms with van der Waals surface area (Å²) >= 11 is 4.38. The van der Waals surface area contributed by atoms with Gasteiger partial charge in [0.15, 0.2) is 9.38 Å². The van der Waals surface area contributed by atoms with Crippen LogP contribution in [0.25, 0.3) is 0 Å². The van der Waals surface area contributed by atoms with Gasteiger partial charge in [-0.2, -0.15) is 0 Å². The number of fused-ring (bicyclic) bond motifs is 1. The van der Waals surface area contributed by atoms with Gasteiger partial charge < -0.3 is 27.2 Å². The number of hydrogen-bond donors (Lipinski definition) is 5. The van der Waals surface area contributed by atoms with E-state index in [1.165, 1.54) is 12.1 Å². The number of nitrogens with one attached hydrogen (secondary N) is 2. The molecule has 1 amide bonds. The number of alkyl halides is 2. The van der Waals surface area contributed by atoms with Crippen LogP contribution in [0, 0.1) is 5.82 Å². The summed E-state index contributed by atoms with van der Waals surface area (Å²) < 4.78 is 11.8. The number of carboxylic acids is 1. The summed E-state index contributed by atoms with van der Waals surface area (Å²) in [7, 11) is 0. The summed E-state index contributed by atoms with van der Waals surface area (Å²) in [5.41, 5.74) is 15.3. The monoisotopic (exact) mass is 727 g/mol. The van der Waals surface area contributed by atoms with E-state index in [9.17, 15) is 14.0 Å². The van der Waals surface area contributed by atoms with Crippen LogP contribution in [-0.2, 0) is 29.5 Å². The number of rotatable bonds is 9. The molecule has 37 heavy (non-hydrogen) atoms. The molecule has 3 aromatic rings. The van der Waals surface area contributed by atoms with Crippen molar-refractivity contribution in [3.8, 4) is 0 Å². The standard InChI is InChI=1S/C26H24FI2N5O3/c27-18-8-11-20-21(13-18)33-23(37)25(20,28)26(29,17-6-1-15(2-7-17)5-12-22(35)36)34-19-9-3-16(4-10-19)14-32-24(30)31/h1-4,6-11,13,34H,5,12,14H2,(H,33,37)(H,35,36)(H4,30,31,32). The van der Waals surface area contributed by atoms with Crippen LogP contribution in [0.4, 0.5) is 15.8 Å². The molecule has 1 heterocycles. The zero-order valence-corrected chi connectivity index (χ0v) is 23.8. The Balaban J connectivity index is 1.77. The van der Waals surface area contributed by atoms with Gasteiger partial charge in [-0.25, -0.2) is 9.38 Å². The van der Waals surface area contributed by atoms with Gasteiger partial charge in [0.2, 0.25) is 5.91 Å². The van der Waals surface area contributed by atoms with E-state index in [1.54, 1.807) is 6.07 Å². The number of carbonyl (C=O) groups excluding carboxylic acids is 1. The average Bonchev–Trinajstić information content (AvgIpc) is 3.12. The second-order valence-corrected chi connectivity index (χ2v) is 11.9. The number of carboxylic acid groups (broad SMARTS) is 1. The molecule has 1 aliphatic rings. The minimum atomic E-state index is -1.16. The number of nitrogens with two attached hydrogens (primary N) is 2. The van der Waals surface area contributed by atoms with Crippen LogP contribution < -0.4 is 22.1 Å². The lowest BCUT2D eigenvalue weighted by Gasteiger charge is -2.41. The molecule has 0 fully saturated rings. The highest BCUT2D eigenvalue weighted by Crippen LogP contribution is 2.58.